The summed E-state index contributed by atoms with van der Waals surface area (Å²) < 4.78 is 9.22. The Morgan fingerprint density at radius 3 is 2.71 bits per heavy atom. The highest BCUT2D eigenvalue weighted by Gasteiger charge is 2.27. The van der Waals surface area contributed by atoms with Crippen LogP contribution >= 0.6 is 0 Å². The monoisotopic (exact) mass is 381 g/mol. The summed E-state index contributed by atoms with van der Waals surface area (Å²) in [5, 5.41) is 18.0. The van der Waals surface area contributed by atoms with Crippen molar-refractivity contribution in [3.63, 3.8) is 0 Å². The molecule has 1 saturated heterocycles. The number of methoxy groups -OCH3 is 1. The first-order valence-electron chi connectivity index (χ1n) is 10.3. The van der Waals surface area contributed by atoms with Gasteiger partial charge in [-0.1, -0.05) is 0 Å². The molecule has 8 heteroatoms. The van der Waals surface area contributed by atoms with Gasteiger partial charge in [-0.2, -0.15) is 9.61 Å². The molecule has 4 heterocycles. The van der Waals surface area contributed by atoms with Crippen LogP contribution in [0.3, 0.4) is 0 Å². The van der Waals surface area contributed by atoms with E-state index in [0.717, 1.165) is 50.4 Å². The molecule has 0 N–H and O–H groups in total. The third-order valence-electron chi connectivity index (χ3n) is 6.25. The van der Waals surface area contributed by atoms with Crippen LogP contribution < -0.4 is 4.74 Å². The van der Waals surface area contributed by atoms with Crippen molar-refractivity contribution in [1.82, 2.24) is 34.5 Å². The molecular weight excluding hydrogens is 354 g/mol. The maximum absolute atomic E-state index is 5.26. The molecule has 5 rings (SSSR count). The van der Waals surface area contributed by atoms with Gasteiger partial charge in [-0.15, -0.1) is 15.3 Å². The lowest BCUT2D eigenvalue weighted by Gasteiger charge is -2.31. The summed E-state index contributed by atoms with van der Waals surface area (Å²) in [5.41, 5.74) is 5.02. The molecule has 3 aromatic heterocycles. The lowest BCUT2D eigenvalue weighted by atomic mass is 9.94. The number of nitrogens with zero attached hydrogens (tertiary/aromatic N) is 7. The minimum absolute atomic E-state index is 0.381. The summed E-state index contributed by atoms with van der Waals surface area (Å²) in [7, 11) is 3.73. The van der Waals surface area contributed by atoms with Gasteiger partial charge in [0, 0.05) is 25.6 Å². The van der Waals surface area contributed by atoms with Gasteiger partial charge in [0.15, 0.2) is 11.5 Å². The van der Waals surface area contributed by atoms with E-state index >= 15 is 0 Å². The van der Waals surface area contributed by atoms with Crippen LogP contribution in [0.1, 0.15) is 54.4 Å². The molecule has 148 valence electrons. The molecule has 0 saturated carbocycles. The average molecular weight is 381 g/mol. The van der Waals surface area contributed by atoms with Crippen LogP contribution in [0.4, 0.5) is 0 Å². The number of fused-ring (bicyclic) bond motifs is 2. The van der Waals surface area contributed by atoms with Crippen LogP contribution in [0, 0.1) is 0 Å². The van der Waals surface area contributed by atoms with Crippen molar-refractivity contribution in [3.8, 4) is 5.88 Å². The van der Waals surface area contributed by atoms with Crippen molar-refractivity contribution in [3.05, 3.63) is 34.9 Å². The molecular formula is C20H27N7O. The van der Waals surface area contributed by atoms with Crippen LogP contribution in [0.5, 0.6) is 5.88 Å². The second kappa shape index (κ2) is 7.16. The first-order chi connectivity index (χ1) is 13.7. The van der Waals surface area contributed by atoms with E-state index in [1.54, 1.807) is 7.11 Å². The summed E-state index contributed by atoms with van der Waals surface area (Å²) in [4.78, 5) is 2.56. The van der Waals surface area contributed by atoms with E-state index in [4.69, 9.17) is 9.84 Å². The summed E-state index contributed by atoms with van der Waals surface area (Å²) in [5.74, 6) is 1.92. The molecule has 0 bridgehead atoms. The SMILES string of the molecule is COc1ccc2nnc(C3CCN(Cc4c5c(nn4C)CCCC5)CC3)n2n1. The number of aryl methyl sites for hydroxylation is 2. The highest BCUT2D eigenvalue weighted by Crippen LogP contribution is 2.30. The molecule has 8 nitrogen and oxygen atoms in total. The quantitative estimate of drug-likeness (QED) is 0.689. The molecule has 3 aromatic rings. The Morgan fingerprint density at radius 2 is 1.89 bits per heavy atom. The predicted octanol–water partition coefficient (Wildman–Crippen LogP) is 2.12. The predicted molar refractivity (Wildman–Crippen MR) is 104 cm³/mol. The van der Waals surface area contributed by atoms with Gasteiger partial charge in [0.2, 0.25) is 5.88 Å². The Morgan fingerprint density at radius 1 is 1.07 bits per heavy atom. The Hall–Kier alpha value is -2.48. The summed E-state index contributed by atoms with van der Waals surface area (Å²) in [6.07, 6.45) is 7.04. The van der Waals surface area contributed by atoms with E-state index in [9.17, 15) is 0 Å². The van der Waals surface area contributed by atoms with Gasteiger partial charge >= 0.3 is 0 Å². The topological polar surface area (TPSA) is 73.4 Å². The van der Waals surface area contributed by atoms with Crippen molar-refractivity contribution in [1.29, 1.82) is 0 Å². The highest BCUT2D eigenvalue weighted by atomic mass is 16.5. The van der Waals surface area contributed by atoms with Gasteiger partial charge in [0.1, 0.15) is 0 Å². The van der Waals surface area contributed by atoms with Gasteiger partial charge in [0.25, 0.3) is 0 Å². The molecule has 2 aliphatic rings. The second-order valence-corrected chi connectivity index (χ2v) is 7.96. The number of ether oxygens (including phenoxy) is 1. The fourth-order valence-corrected chi connectivity index (χ4v) is 4.66. The van der Waals surface area contributed by atoms with Gasteiger partial charge in [0.05, 0.1) is 18.5 Å². The zero-order chi connectivity index (χ0) is 19.1. The molecule has 28 heavy (non-hydrogen) atoms. The van der Waals surface area contributed by atoms with Crippen molar-refractivity contribution in [2.24, 2.45) is 7.05 Å². The Bertz CT molecular complexity index is 984. The number of rotatable bonds is 4. The lowest BCUT2D eigenvalue weighted by Crippen LogP contribution is -2.34. The molecule has 0 unspecified atom stereocenters. The minimum Gasteiger partial charge on any atom is -0.480 e. The van der Waals surface area contributed by atoms with E-state index in [2.05, 4.69) is 31.9 Å². The largest absolute Gasteiger partial charge is 0.480 e. The first kappa shape index (κ1) is 17.6. The maximum atomic E-state index is 5.26. The second-order valence-electron chi connectivity index (χ2n) is 7.96. The van der Waals surface area contributed by atoms with E-state index in [-0.39, 0.29) is 0 Å². The van der Waals surface area contributed by atoms with Crippen molar-refractivity contribution in [2.75, 3.05) is 20.2 Å². The summed E-state index contributed by atoms with van der Waals surface area (Å²) >= 11 is 0. The third kappa shape index (κ3) is 3.05. The molecule has 0 radical (unpaired) electrons. The zero-order valence-electron chi connectivity index (χ0n) is 16.6. The lowest BCUT2D eigenvalue weighted by molar-refractivity contribution is 0.196. The zero-order valence-corrected chi connectivity index (χ0v) is 16.6. The van der Waals surface area contributed by atoms with Crippen LogP contribution in [0.2, 0.25) is 0 Å². The van der Waals surface area contributed by atoms with Crippen molar-refractivity contribution in [2.45, 2.75) is 51.0 Å². The van der Waals surface area contributed by atoms with Gasteiger partial charge in [-0.25, -0.2) is 0 Å². The average Bonchev–Trinajstić information content (AvgIpc) is 3.29. The number of piperidine rings is 1. The number of likely N-dealkylation sites (tertiary alicyclic amines) is 1. The smallest absolute Gasteiger partial charge is 0.231 e. The van der Waals surface area contributed by atoms with E-state index in [0.29, 0.717) is 11.8 Å². The van der Waals surface area contributed by atoms with Gasteiger partial charge in [-0.05, 0) is 63.2 Å². The van der Waals surface area contributed by atoms with E-state index in [1.807, 2.05) is 16.6 Å². The van der Waals surface area contributed by atoms with Crippen LogP contribution in [0.25, 0.3) is 5.65 Å². The van der Waals surface area contributed by atoms with Crippen LogP contribution in [-0.4, -0.2) is 54.7 Å². The molecule has 0 aromatic carbocycles. The highest BCUT2D eigenvalue weighted by molar-refractivity contribution is 5.38. The Labute approximate surface area is 164 Å². The molecule has 1 aliphatic heterocycles. The normalized spacial score (nSPS) is 18.5. The Kier molecular flexibility index (Phi) is 4.50. The minimum atomic E-state index is 0.381. The molecule has 0 spiro atoms. The third-order valence-corrected chi connectivity index (χ3v) is 6.25. The number of aromatic nitrogens is 6. The van der Waals surface area contributed by atoms with E-state index in [1.165, 1.54) is 36.2 Å². The summed E-state index contributed by atoms with van der Waals surface area (Å²) in [6.45, 7) is 3.12. The van der Waals surface area contributed by atoms with Gasteiger partial charge in [-0.3, -0.25) is 9.58 Å². The first-order valence-corrected chi connectivity index (χ1v) is 10.3. The fraction of sp³-hybridized carbons (Fsp3) is 0.600. The maximum Gasteiger partial charge on any atom is 0.231 e. The standard InChI is InChI=1S/C20H27N7O/c1-25-17(15-5-3-4-6-16(15)23-25)13-26-11-9-14(10-12-26)20-22-21-18-7-8-19(28-2)24-27(18)20/h7-8,14H,3-6,9-13H2,1-2H3. The van der Waals surface area contributed by atoms with Crippen molar-refractivity contribution < 1.29 is 4.74 Å². The molecule has 1 fully saturated rings. The molecule has 1 aliphatic carbocycles. The van der Waals surface area contributed by atoms with Crippen molar-refractivity contribution >= 4 is 5.65 Å². The van der Waals surface area contributed by atoms with Gasteiger partial charge < -0.3 is 4.74 Å². The Balaban J connectivity index is 1.29. The number of hydrogen-bond donors (Lipinski definition) is 0. The van der Waals surface area contributed by atoms with Crippen LogP contribution in [-0.2, 0) is 26.4 Å². The number of hydrogen-bond acceptors (Lipinski definition) is 6. The fourth-order valence-electron chi connectivity index (χ4n) is 4.66. The summed E-state index contributed by atoms with van der Waals surface area (Å²) in [6, 6.07) is 3.73. The molecule has 0 amide bonds. The molecule has 0 atom stereocenters. The van der Waals surface area contributed by atoms with E-state index < -0.39 is 0 Å². The van der Waals surface area contributed by atoms with Crippen LogP contribution in [0.15, 0.2) is 12.1 Å².